The highest BCUT2D eigenvalue weighted by molar-refractivity contribution is 6.30. The Kier molecular flexibility index (Phi) is 4.33. The van der Waals surface area contributed by atoms with Crippen LogP contribution in [-0.4, -0.2) is 25.4 Å². The minimum Gasteiger partial charge on any atom is -0.309 e. The molecule has 3 aromatic heterocycles. The first kappa shape index (κ1) is 16.2. The van der Waals surface area contributed by atoms with E-state index in [1.54, 1.807) is 29.2 Å². The van der Waals surface area contributed by atoms with Gasteiger partial charge in [0, 0.05) is 12.4 Å². The molecule has 1 N–H and O–H groups in total. The number of aromatic nitrogens is 4. The smallest absolute Gasteiger partial charge is 0.253 e. The largest absolute Gasteiger partial charge is 0.309 e. The highest BCUT2D eigenvalue weighted by Crippen LogP contribution is 2.24. The summed E-state index contributed by atoms with van der Waals surface area (Å²) in [6.07, 6.45) is 4.80. The number of nitrogens with one attached hydrogen (secondary N) is 1. The third kappa shape index (κ3) is 3.14. The summed E-state index contributed by atoms with van der Waals surface area (Å²) < 4.78 is 1.76. The van der Waals surface area contributed by atoms with Gasteiger partial charge in [-0.1, -0.05) is 41.9 Å². The first-order valence-corrected chi connectivity index (χ1v) is 8.35. The molecule has 0 saturated heterocycles. The zero-order chi connectivity index (χ0) is 17.9. The summed E-state index contributed by atoms with van der Waals surface area (Å²) in [5.74, 6) is 0.189. The van der Waals surface area contributed by atoms with Crippen LogP contribution in [0.15, 0.2) is 73.3 Å². The molecule has 0 aliphatic heterocycles. The van der Waals surface area contributed by atoms with Crippen LogP contribution >= 0.6 is 11.6 Å². The molecule has 1 amide bonds. The number of hydrogen-bond donors (Lipinski definition) is 1. The summed E-state index contributed by atoms with van der Waals surface area (Å²) >= 11 is 5.86. The standard InChI is InChI=1S/C19H14ClN5O/c20-14-8-9-16(22-11-14)24-19(26)17(13-5-2-1-3-6-13)25-12-23-15-7-4-10-21-18(15)25/h1-12,17H,(H,22,24,26). The second-order valence-electron chi connectivity index (χ2n) is 5.66. The van der Waals surface area contributed by atoms with Gasteiger partial charge in [-0.25, -0.2) is 15.0 Å². The van der Waals surface area contributed by atoms with E-state index in [9.17, 15) is 4.79 Å². The molecule has 1 unspecified atom stereocenters. The number of nitrogens with zero attached hydrogens (tertiary/aromatic N) is 4. The molecule has 0 radical (unpaired) electrons. The van der Waals surface area contributed by atoms with Crippen LogP contribution in [0.2, 0.25) is 5.02 Å². The molecule has 128 valence electrons. The number of halogens is 1. The number of rotatable bonds is 4. The van der Waals surface area contributed by atoms with Crippen LogP contribution in [0.5, 0.6) is 0 Å². The summed E-state index contributed by atoms with van der Waals surface area (Å²) in [6, 6.07) is 15.9. The molecule has 4 aromatic rings. The van der Waals surface area contributed by atoms with E-state index in [4.69, 9.17) is 11.6 Å². The van der Waals surface area contributed by atoms with Gasteiger partial charge in [-0.15, -0.1) is 0 Å². The van der Waals surface area contributed by atoms with E-state index in [1.165, 1.54) is 6.20 Å². The fourth-order valence-corrected chi connectivity index (χ4v) is 2.89. The molecule has 0 fully saturated rings. The number of amides is 1. The highest BCUT2D eigenvalue weighted by atomic mass is 35.5. The summed E-state index contributed by atoms with van der Waals surface area (Å²) in [7, 11) is 0. The van der Waals surface area contributed by atoms with Crippen LogP contribution in [0.25, 0.3) is 11.2 Å². The van der Waals surface area contributed by atoms with Crippen molar-refractivity contribution in [2.24, 2.45) is 0 Å². The first-order valence-electron chi connectivity index (χ1n) is 7.97. The topological polar surface area (TPSA) is 72.7 Å². The van der Waals surface area contributed by atoms with Gasteiger partial charge < -0.3 is 5.32 Å². The maximum atomic E-state index is 13.1. The molecule has 1 atom stereocenters. The molecule has 6 nitrogen and oxygen atoms in total. The normalized spacial score (nSPS) is 12.0. The van der Waals surface area contributed by atoms with E-state index in [1.807, 2.05) is 42.5 Å². The Labute approximate surface area is 154 Å². The number of benzene rings is 1. The number of imidazole rings is 1. The Bertz CT molecular complexity index is 1050. The van der Waals surface area contributed by atoms with E-state index < -0.39 is 6.04 Å². The van der Waals surface area contributed by atoms with Gasteiger partial charge in [0.15, 0.2) is 5.65 Å². The lowest BCUT2D eigenvalue weighted by atomic mass is 10.1. The van der Waals surface area contributed by atoms with E-state index in [0.717, 1.165) is 11.1 Å². The van der Waals surface area contributed by atoms with Crippen molar-refractivity contribution in [2.75, 3.05) is 5.32 Å². The van der Waals surface area contributed by atoms with Gasteiger partial charge in [-0.2, -0.15) is 0 Å². The van der Waals surface area contributed by atoms with Crippen molar-refractivity contribution in [3.8, 4) is 0 Å². The van der Waals surface area contributed by atoms with Gasteiger partial charge in [0.05, 0.1) is 11.3 Å². The van der Waals surface area contributed by atoms with Crippen LogP contribution in [-0.2, 0) is 4.79 Å². The van der Waals surface area contributed by atoms with Crippen LogP contribution in [0.1, 0.15) is 11.6 Å². The molecular formula is C19H14ClN5O. The lowest BCUT2D eigenvalue weighted by Crippen LogP contribution is -2.27. The molecule has 4 rings (SSSR count). The lowest BCUT2D eigenvalue weighted by molar-refractivity contribution is -0.118. The van der Waals surface area contributed by atoms with Crippen LogP contribution < -0.4 is 5.32 Å². The molecule has 0 spiro atoms. The molecule has 1 aromatic carbocycles. The molecule has 0 bridgehead atoms. The van der Waals surface area contributed by atoms with Crippen molar-refractivity contribution in [3.63, 3.8) is 0 Å². The average molecular weight is 364 g/mol. The Morgan fingerprint density at radius 2 is 1.85 bits per heavy atom. The summed E-state index contributed by atoms with van der Waals surface area (Å²) in [4.78, 5) is 25.9. The van der Waals surface area contributed by atoms with Crippen LogP contribution in [0.3, 0.4) is 0 Å². The first-order chi connectivity index (χ1) is 12.7. The fraction of sp³-hybridized carbons (Fsp3) is 0.0526. The average Bonchev–Trinajstić information content (AvgIpc) is 3.09. The van der Waals surface area contributed by atoms with Gasteiger partial charge in [0.25, 0.3) is 5.91 Å². The molecule has 3 heterocycles. The Morgan fingerprint density at radius 3 is 2.62 bits per heavy atom. The van der Waals surface area contributed by atoms with Crippen molar-refractivity contribution in [1.29, 1.82) is 0 Å². The minimum absolute atomic E-state index is 0.240. The number of anilines is 1. The number of pyridine rings is 2. The monoisotopic (exact) mass is 363 g/mol. The third-order valence-corrected chi connectivity index (χ3v) is 4.18. The van der Waals surface area contributed by atoms with Gasteiger partial charge in [-0.3, -0.25) is 9.36 Å². The third-order valence-electron chi connectivity index (χ3n) is 3.95. The summed E-state index contributed by atoms with van der Waals surface area (Å²) in [5.41, 5.74) is 2.19. The quantitative estimate of drug-likeness (QED) is 0.600. The summed E-state index contributed by atoms with van der Waals surface area (Å²) in [5, 5.41) is 3.34. The minimum atomic E-state index is -0.631. The van der Waals surface area contributed by atoms with Crippen molar-refractivity contribution in [1.82, 2.24) is 19.5 Å². The Hall–Kier alpha value is -3.25. The predicted molar refractivity (Wildman–Crippen MR) is 100.0 cm³/mol. The van der Waals surface area contributed by atoms with Crippen molar-refractivity contribution in [2.45, 2.75) is 6.04 Å². The zero-order valence-electron chi connectivity index (χ0n) is 13.6. The van der Waals surface area contributed by atoms with E-state index in [0.29, 0.717) is 16.5 Å². The van der Waals surface area contributed by atoms with Gasteiger partial charge in [0.1, 0.15) is 17.4 Å². The molecular weight excluding hydrogens is 350 g/mol. The lowest BCUT2D eigenvalue weighted by Gasteiger charge is -2.19. The number of fused-ring (bicyclic) bond motifs is 1. The van der Waals surface area contributed by atoms with Crippen molar-refractivity contribution in [3.05, 3.63) is 83.9 Å². The maximum Gasteiger partial charge on any atom is 0.253 e. The van der Waals surface area contributed by atoms with E-state index in [-0.39, 0.29) is 5.91 Å². The second kappa shape index (κ2) is 6.93. The van der Waals surface area contributed by atoms with Crippen LogP contribution in [0, 0.1) is 0 Å². The maximum absolute atomic E-state index is 13.1. The molecule has 0 aliphatic rings. The Balaban J connectivity index is 1.76. The number of carbonyl (C=O) groups is 1. The van der Waals surface area contributed by atoms with Crippen molar-refractivity contribution >= 4 is 34.5 Å². The Morgan fingerprint density at radius 1 is 1.00 bits per heavy atom. The summed E-state index contributed by atoms with van der Waals surface area (Å²) in [6.45, 7) is 0. The fourth-order valence-electron chi connectivity index (χ4n) is 2.77. The van der Waals surface area contributed by atoms with E-state index >= 15 is 0 Å². The van der Waals surface area contributed by atoms with Crippen molar-refractivity contribution < 1.29 is 4.79 Å². The second-order valence-corrected chi connectivity index (χ2v) is 6.10. The zero-order valence-corrected chi connectivity index (χ0v) is 14.3. The molecule has 0 saturated carbocycles. The van der Waals surface area contributed by atoms with Gasteiger partial charge >= 0.3 is 0 Å². The van der Waals surface area contributed by atoms with Crippen LogP contribution in [0.4, 0.5) is 5.82 Å². The predicted octanol–water partition coefficient (Wildman–Crippen LogP) is 3.71. The van der Waals surface area contributed by atoms with Gasteiger partial charge in [0.2, 0.25) is 0 Å². The number of carbonyl (C=O) groups excluding carboxylic acids is 1. The highest BCUT2D eigenvalue weighted by Gasteiger charge is 2.25. The molecule has 26 heavy (non-hydrogen) atoms. The molecule has 0 aliphatic carbocycles. The van der Waals surface area contributed by atoms with Gasteiger partial charge in [-0.05, 0) is 29.8 Å². The van der Waals surface area contributed by atoms with E-state index in [2.05, 4.69) is 20.3 Å². The molecule has 7 heteroatoms. The SMILES string of the molecule is O=C(Nc1ccc(Cl)cn1)C(c1ccccc1)n1cnc2cccnc21. The number of hydrogen-bond acceptors (Lipinski definition) is 4.